The van der Waals surface area contributed by atoms with Crippen molar-refractivity contribution in [2.24, 2.45) is 11.7 Å². The van der Waals surface area contributed by atoms with Crippen molar-refractivity contribution in [3.8, 4) is 0 Å². The van der Waals surface area contributed by atoms with Crippen LogP contribution in [-0.4, -0.2) is 54.8 Å². The van der Waals surface area contributed by atoms with Crippen LogP contribution in [-0.2, 0) is 26.9 Å². The van der Waals surface area contributed by atoms with Gasteiger partial charge >= 0.3 is 18.3 Å². The summed E-state index contributed by atoms with van der Waals surface area (Å²) >= 11 is 0. The highest BCUT2D eigenvalue weighted by Gasteiger charge is 2.35. The summed E-state index contributed by atoms with van der Waals surface area (Å²) in [4.78, 5) is 37.2. The van der Waals surface area contributed by atoms with Gasteiger partial charge in [0.25, 0.3) is 5.56 Å². The summed E-state index contributed by atoms with van der Waals surface area (Å²) < 4.78 is 114. The number of rotatable bonds is 16. The van der Waals surface area contributed by atoms with E-state index in [2.05, 4.69) is 11.3 Å². The minimum atomic E-state index is -4.79. The molecule has 0 bridgehead atoms. The Morgan fingerprint density at radius 2 is 1.62 bits per heavy atom. The summed E-state index contributed by atoms with van der Waals surface area (Å²) in [5, 5.41) is 0. The van der Waals surface area contributed by atoms with E-state index in [-0.39, 0.29) is 36.5 Å². The van der Waals surface area contributed by atoms with Crippen molar-refractivity contribution in [1.82, 2.24) is 9.47 Å². The molecule has 55 heavy (non-hydrogen) atoms. The highest BCUT2D eigenvalue weighted by Crippen LogP contribution is 2.43. The summed E-state index contributed by atoms with van der Waals surface area (Å²) in [6.07, 6.45) is -5.76. The number of allylic oxidation sites excluding steroid dienone is 5. The van der Waals surface area contributed by atoms with Crippen LogP contribution < -0.4 is 11.3 Å². The highest BCUT2D eigenvalue weighted by molar-refractivity contribution is 5.83. The predicted octanol–water partition coefficient (Wildman–Crippen LogP) is 9.61. The summed E-state index contributed by atoms with van der Waals surface area (Å²) in [6.45, 7) is 12.2. The van der Waals surface area contributed by atoms with E-state index < -0.39 is 77.0 Å². The van der Waals surface area contributed by atoms with Crippen molar-refractivity contribution in [2.75, 3.05) is 27.2 Å². The maximum Gasteiger partial charge on any atom is 0.416 e. The average molecular weight is 790 g/mol. The van der Waals surface area contributed by atoms with Gasteiger partial charge in [-0.3, -0.25) is 14.4 Å². The van der Waals surface area contributed by atoms with Crippen LogP contribution >= 0.6 is 0 Å². The SMILES string of the molecule is C=C(/C=C(\C(F)=C(/F)CCC(=O)OCC)c1c(C)cc(C2CC2)cc1C)C(F)(F)F.CC(C)CC(C(N)=O)n1cc(CCCN(C)C)c(C(F)(F)F)cc1=O. The average Bonchev–Trinajstić information content (AvgIpc) is 3.91. The molecule has 0 radical (unpaired) electrons. The number of carbonyl (C=O) groups excluding carboxylic acids is 2. The number of halogens is 8. The van der Waals surface area contributed by atoms with Gasteiger partial charge in [-0.1, -0.05) is 32.6 Å². The molecule has 306 valence electrons. The van der Waals surface area contributed by atoms with Gasteiger partial charge in [0.1, 0.15) is 11.9 Å². The third-order valence-electron chi connectivity index (χ3n) is 8.76. The molecule has 1 aliphatic carbocycles. The molecular weight excluding hydrogens is 738 g/mol. The van der Waals surface area contributed by atoms with Crippen molar-refractivity contribution in [1.29, 1.82) is 0 Å². The monoisotopic (exact) mass is 789 g/mol. The van der Waals surface area contributed by atoms with Crippen LogP contribution in [0.15, 0.2) is 59.1 Å². The Labute approximate surface area is 316 Å². The second kappa shape index (κ2) is 20.1. The van der Waals surface area contributed by atoms with E-state index in [4.69, 9.17) is 5.73 Å². The molecule has 0 aliphatic heterocycles. The Balaban J connectivity index is 0.000000387. The standard InChI is InChI=1S/C23H25F5O2.C17H26F3N3O2/c1-5-30-20(29)9-8-19(24)22(25)18(12-15(4)23(26,27)28)21-13(2)10-17(11-14(21)3)16-6-7-16;1-11(2)8-14(16(21)25)23-10-12(6-5-7-22(3)4)13(9-15(23)24)17(18,19)20/h10-12,16H,4-9H2,1-3H3;9-11,14H,5-8H2,1-4H3,(H2,21,25)/b18-12-,22-19+;. The summed E-state index contributed by atoms with van der Waals surface area (Å²) in [5.41, 5.74) is 4.06. The zero-order valence-corrected chi connectivity index (χ0v) is 32.3. The molecule has 1 unspecified atom stereocenters. The first-order valence-corrected chi connectivity index (χ1v) is 17.9. The van der Waals surface area contributed by atoms with E-state index in [9.17, 15) is 45.1 Å². The number of aromatic nitrogens is 1. The number of hydrogen-bond donors (Lipinski definition) is 1. The molecular formula is C40H51F8N3O4. The fraction of sp³-hybridized carbons (Fsp3) is 0.525. The molecule has 2 aromatic rings. The first-order valence-electron chi connectivity index (χ1n) is 17.9. The van der Waals surface area contributed by atoms with Crippen LogP contribution in [0.2, 0.25) is 0 Å². The molecule has 1 fully saturated rings. The molecule has 1 aromatic carbocycles. The van der Waals surface area contributed by atoms with Gasteiger partial charge in [0, 0.05) is 29.8 Å². The molecule has 3 rings (SSSR count). The Morgan fingerprint density at radius 3 is 2.07 bits per heavy atom. The molecule has 1 heterocycles. The van der Waals surface area contributed by atoms with Gasteiger partial charge in [0.05, 0.1) is 18.6 Å². The van der Waals surface area contributed by atoms with Gasteiger partial charge in [0.2, 0.25) is 5.91 Å². The van der Waals surface area contributed by atoms with Crippen molar-refractivity contribution in [2.45, 2.75) is 104 Å². The van der Waals surface area contributed by atoms with Crippen LogP contribution in [0, 0.1) is 19.8 Å². The lowest BCUT2D eigenvalue weighted by Crippen LogP contribution is -2.35. The van der Waals surface area contributed by atoms with Crippen molar-refractivity contribution < 1.29 is 49.4 Å². The molecule has 1 aromatic heterocycles. The molecule has 1 atom stereocenters. The van der Waals surface area contributed by atoms with Crippen molar-refractivity contribution in [3.05, 3.63) is 98.0 Å². The highest BCUT2D eigenvalue weighted by atomic mass is 19.4. The Morgan fingerprint density at radius 1 is 1.04 bits per heavy atom. The minimum Gasteiger partial charge on any atom is -0.466 e. The van der Waals surface area contributed by atoms with Gasteiger partial charge in [-0.25, -0.2) is 8.78 Å². The van der Waals surface area contributed by atoms with E-state index >= 15 is 4.39 Å². The third kappa shape index (κ3) is 14.4. The minimum absolute atomic E-state index is 0.00366. The van der Waals surface area contributed by atoms with E-state index in [0.29, 0.717) is 42.2 Å². The summed E-state index contributed by atoms with van der Waals surface area (Å²) in [5.74, 6) is -3.73. The van der Waals surface area contributed by atoms with Gasteiger partial charge in [-0.05, 0) is 119 Å². The zero-order valence-electron chi connectivity index (χ0n) is 32.3. The predicted molar refractivity (Wildman–Crippen MR) is 196 cm³/mol. The van der Waals surface area contributed by atoms with Gasteiger partial charge in [-0.15, -0.1) is 0 Å². The normalized spacial score (nSPS) is 14.7. The number of aryl methyl sites for hydroxylation is 3. The van der Waals surface area contributed by atoms with E-state index in [1.807, 2.05) is 32.8 Å². The number of pyridine rings is 1. The maximum atomic E-state index is 15.0. The van der Waals surface area contributed by atoms with Gasteiger partial charge in [0.15, 0.2) is 5.83 Å². The molecule has 1 saturated carbocycles. The maximum absolute atomic E-state index is 15.0. The Hall–Kier alpha value is -4.27. The zero-order chi connectivity index (χ0) is 42.0. The second-order valence-corrected chi connectivity index (χ2v) is 14.3. The van der Waals surface area contributed by atoms with Crippen LogP contribution in [0.4, 0.5) is 35.1 Å². The van der Waals surface area contributed by atoms with E-state index in [1.165, 1.54) is 0 Å². The lowest BCUT2D eigenvalue weighted by molar-refractivity contribution is -0.143. The summed E-state index contributed by atoms with van der Waals surface area (Å²) in [6, 6.07) is 3.21. The van der Waals surface area contributed by atoms with Crippen LogP contribution in [0.1, 0.15) is 105 Å². The fourth-order valence-corrected chi connectivity index (χ4v) is 5.97. The molecule has 0 saturated heterocycles. The quantitative estimate of drug-likeness (QED) is 0.104. The number of nitrogens with two attached hydrogens (primary N) is 1. The first-order chi connectivity index (χ1) is 25.4. The number of primary amides is 1. The van der Waals surface area contributed by atoms with Gasteiger partial charge in [-0.2, -0.15) is 26.3 Å². The molecule has 1 amide bonds. The number of carbonyl (C=O) groups is 2. The topological polar surface area (TPSA) is 94.6 Å². The number of ether oxygens (including phenoxy) is 1. The van der Waals surface area contributed by atoms with E-state index in [0.717, 1.165) is 29.2 Å². The smallest absolute Gasteiger partial charge is 0.416 e. The number of esters is 1. The second-order valence-electron chi connectivity index (χ2n) is 14.3. The first kappa shape index (κ1) is 46.9. The molecule has 1 aliphatic rings. The fourth-order valence-electron chi connectivity index (χ4n) is 5.97. The number of nitrogens with zero attached hydrogens (tertiary/aromatic N) is 2. The number of amides is 1. The van der Waals surface area contributed by atoms with Crippen LogP contribution in [0.25, 0.3) is 5.57 Å². The Kier molecular flexibility index (Phi) is 17.1. The largest absolute Gasteiger partial charge is 0.466 e. The van der Waals surface area contributed by atoms with Crippen LogP contribution in [0.5, 0.6) is 0 Å². The lowest BCUT2D eigenvalue weighted by Gasteiger charge is -2.22. The lowest BCUT2D eigenvalue weighted by atomic mass is 9.90. The van der Waals surface area contributed by atoms with Gasteiger partial charge < -0.3 is 19.9 Å². The van der Waals surface area contributed by atoms with Crippen LogP contribution in [0.3, 0.4) is 0 Å². The molecule has 7 nitrogen and oxygen atoms in total. The molecule has 2 N–H and O–H groups in total. The number of benzene rings is 1. The Bertz CT molecular complexity index is 1780. The number of alkyl halides is 6. The molecule has 0 spiro atoms. The number of hydrogen-bond acceptors (Lipinski definition) is 5. The third-order valence-corrected chi connectivity index (χ3v) is 8.76. The van der Waals surface area contributed by atoms with Crippen molar-refractivity contribution >= 4 is 17.4 Å². The summed E-state index contributed by atoms with van der Waals surface area (Å²) in [7, 11) is 3.66. The molecule has 15 heteroatoms. The van der Waals surface area contributed by atoms with E-state index in [1.54, 1.807) is 32.9 Å². The van der Waals surface area contributed by atoms with Crippen molar-refractivity contribution in [3.63, 3.8) is 0 Å².